The lowest BCUT2D eigenvalue weighted by Gasteiger charge is -2.10. The van der Waals surface area contributed by atoms with E-state index in [1.54, 1.807) is 41.7 Å². The normalized spacial score (nSPS) is 10.7. The molecule has 0 aliphatic carbocycles. The SMILES string of the molecule is O=[N+]([O-])c1ccccc1NCC[n+]1c(-c2ccc(Cl)cc2Cl)csc1Nc1ccccc1. The Bertz CT molecular complexity index is 1250. The molecule has 0 fully saturated rings. The molecule has 0 spiro atoms. The van der Waals surface area contributed by atoms with Gasteiger partial charge in [0.2, 0.25) is 0 Å². The van der Waals surface area contributed by atoms with Gasteiger partial charge in [-0.2, -0.15) is 0 Å². The van der Waals surface area contributed by atoms with Crippen LogP contribution in [-0.2, 0) is 6.54 Å². The molecule has 6 nitrogen and oxygen atoms in total. The van der Waals surface area contributed by atoms with Gasteiger partial charge in [-0.3, -0.25) is 10.1 Å². The largest absolute Gasteiger partial charge is 0.376 e. The summed E-state index contributed by atoms with van der Waals surface area (Å²) in [4.78, 5) is 10.9. The molecule has 9 heteroatoms. The minimum atomic E-state index is -0.388. The molecule has 0 saturated carbocycles. The van der Waals surface area contributed by atoms with Gasteiger partial charge in [0, 0.05) is 22.0 Å². The number of benzene rings is 3. The van der Waals surface area contributed by atoms with E-state index in [1.165, 1.54) is 6.07 Å². The summed E-state index contributed by atoms with van der Waals surface area (Å²) >= 11 is 14.1. The van der Waals surface area contributed by atoms with E-state index in [9.17, 15) is 10.1 Å². The lowest BCUT2D eigenvalue weighted by atomic mass is 10.1. The number of para-hydroxylation sites is 3. The van der Waals surface area contributed by atoms with Crippen molar-refractivity contribution in [1.29, 1.82) is 0 Å². The van der Waals surface area contributed by atoms with Crippen LogP contribution in [0.2, 0.25) is 10.0 Å². The number of hydrogen-bond acceptors (Lipinski definition) is 5. The van der Waals surface area contributed by atoms with Gasteiger partial charge >= 0.3 is 5.13 Å². The molecular formula is C23H19Cl2N4O2S+. The summed E-state index contributed by atoms with van der Waals surface area (Å²) in [7, 11) is 0. The van der Waals surface area contributed by atoms with Crippen LogP contribution in [0.3, 0.4) is 0 Å². The zero-order valence-corrected chi connectivity index (χ0v) is 19.1. The molecule has 1 heterocycles. The summed E-state index contributed by atoms with van der Waals surface area (Å²) < 4.78 is 2.11. The van der Waals surface area contributed by atoms with Crippen LogP contribution in [0.5, 0.6) is 0 Å². The summed E-state index contributed by atoms with van der Waals surface area (Å²) in [6.07, 6.45) is 0. The van der Waals surface area contributed by atoms with Crippen molar-refractivity contribution in [3.8, 4) is 11.3 Å². The highest BCUT2D eigenvalue weighted by molar-refractivity contribution is 7.13. The van der Waals surface area contributed by atoms with Gasteiger partial charge in [0.25, 0.3) is 5.69 Å². The molecule has 2 N–H and O–H groups in total. The van der Waals surface area contributed by atoms with Crippen LogP contribution in [0.4, 0.5) is 22.2 Å². The maximum absolute atomic E-state index is 11.3. The number of nitro groups is 1. The molecule has 4 rings (SSSR count). The van der Waals surface area contributed by atoms with E-state index in [-0.39, 0.29) is 10.6 Å². The first-order valence-corrected chi connectivity index (χ1v) is 11.4. The summed E-state index contributed by atoms with van der Waals surface area (Å²) in [6.45, 7) is 1.03. The fourth-order valence-electron chi connectivity index (χ4n) is 3.30. The second-order valence-electron chi connectivity index (χ2n) is 6.89. The van der Waals surface area contributed by atoms with Crippen LogP contribution in [0.1, 0.15) is 0 Å². The minimum Gasteiger partial charge on any atom is -0.376 e. The van der Waals surface area contributed by atoms with Gasteiger partial charge in [-0.1, -0.05) is 64.9 Å². The van der Waals surface area contributed by atoms with E-state index in [2.05, 4.69) is 15.2 Å². The van der Waals surface area contributed by atoms with Crippen molar-refractivity contribution < 1.29 is 9.49 Å². The third-order valence-corrected chi connectivity index (χ3v) is 6.24. The quantitative estimate of drug-likeness (QED) is 0.164. The molecule has 0 radical (unpaired) electrons. The van der Waals surface area contributed by atoms with E-state index in [1.807, 2.05) is 41.8 Å². The molecule has 0 aliphatic heterocycles. The van der Waals surface area contributed by atoms with Gasteiger partial charge in [0.05, 0.1) is 16.5 Å². The Morgan fingerprint density at radius 3 is 2.50 bits per heavy atom. The fourth-order valence-corrected chi connectivity index (χ4v) is 4.78. The summed E-state index contributed by atoms with van der Waals surface area (Å²) in [5.41, 5.74) is 3.28. The molecule has 0 unspecified atom stereocenters. The molecule has 0 bridgehead atoms. The second kappa shape index (κ2) is 9.99. The smallest absolute Gasteiger partial charge is 0.339 e. The van der Waals surface area contributed by atoms with Gasteiger partial charge in [-0.05, 0) is 36.4 Å². The minimum absolute atomic E-state index is 0.0476. The third-order valence-electron chi connectivity index (χ3n) is 4.80. The standard InChI is InChI=1S/C23H18Cl2N4O2S/c24-16-10-11-18(19(25)14-16)22-15-32-23(27-17-6-2-1-3-7-17)28(22)13-12-26-20-8-4-5-9-21(20)29(30)31/h1-11,14-15,26H,12-13H2/p+1. The fraction of sp³-hybridized carbons (Fsp3) is 0.0870. The number of aromatic nitrogens is 1. The first kappa shape index (κ1) is 22.1. The van der Waals surface area contributed by atoms with Gasteiger partial charge in [0.15, 0.2) is 0 Å². The van der Waals surface area contributed by atoms with Crippen molar-refractivity contribution in [2.45, 2.75) is 6.54 Å². The Morgan fingerprint density at radius 1 is 1.00 bits per heavy atom. The van der Waals surface area contributed by atoms with Crippen LogP contribution in [0.15, 0.2) is 78.2 Å². The first-order chi connectivity index (χ1) is 15.5. The highest BCUT2D eigenvalue weighted by Crippen LogP contribution is 2.32. The Kier molecular flexibility index (Phi) is 6.90. The van der Waals surface area contributed by atoms with Crippen LogP contribution in [-0.4, -0.2) is 11.5 Å². The zero-order valence-electron chi connectivity index (χ0n) is 16.8. The summed E-state index contributed by atoms with van der Waals surface area (Å²) in [5, 5.41) is 22.0. The number of rotatable bonds is 8. The number of thiazole rings is 1. The van der Waals surface area contributed by atoms with Crippen LogP contribution in [0, 0.1) is 10.1 Å². The number of nitrogens with one attached hydrogen (secondary N) is 2. The first-order valence-electron chi connectivity index (χ1n) is 9.79. The maximum Gasteiger partial charge on any atom is 0.339 e. The van der Waals surface area contributed by atoms with Gasteiger partial charge < -0.3 is 5.32 Å². The molecule has 3 aromatic carbocycles. The Labute approximate surface area is 199 Å². The Balaban J connectivity index is 1.63. The Hall–Kier alpha value is -3.13. The van der Waals surface area contributed by atoms with Gasteiger partial charge in [-0.25, -0.2) is 9.88 Å². The van der Waals surface area contributed by atoms with Crippen molar-refractivity contribution in [3.63, 3.8) is 0 Å². The van der Waals surface area contributed by atoms with Crippen LogP contribution < -0.4 is 15.2 Å². The second-order valence-corrected chi connectivity index (χ2v) is 8.60. The van der Waals surface area contributed by atoms with E-state index >= 15 is 0 Å². The predicted molar refractivity (Wildman–Crippen MR) is 131 cm³/mol. The van der Waals surface area contributed by atoms with E-state index in [4.69, 9.17) is 23.2 Å². The number of nitro benzene ring substituents is 1. The van der Waals surface area contributed by atoms with E-state index in [0.717, 1.165) is 22.1 Å². The lowest BCUT2D eigenvalue weighted by Crippen LogP contribution is -2.39. The number of anilines is 3. The van der Waals surface area contributed by atoms with E-state index in [0.29, 0.717) is 28.8 Å². The van der Waals surface area contributed by atoms with Crippen LogP contribution >= 0.6 is 34.5 Å². The summed E-state index contributed by atoms with van der Waals surface area (Å²) in [6, 6.07) is 21.9. The average molecular weight is 486 g/mol. The van der Waals surface area contributed by atoms with Crippen molar-refractivity contribution in [3.05, 3.63) is 98.3 Å². The van der Waals surface area contributed by atoms with Crippen molar-refractivity contribution in [2.75, 3.05) is 17.2 Å². The molecule has 32 heavy (non-hydrogen) atoms. The molecule has 162 valence electrons. The molecule has 1 aromatic heterocycles. The molecular weight excluding hydrogens is 467 g/mol. The number of hydrogen-bond donors (Lipinski definition) is 2. The highest BCUT2D eigenvalue weighted by atomic mass is 35.5. The average Bonchev–Trinajstić information content (AvgIpc) is 3.17. The van der Waals surface area contributed by atoms with Crippen molar-refractivity contribution >= 4 is 56.7 Å². The molecule has 0 aliphatic rings. The monoisotopic (exact) mass is 485 g/mol. The third kappa shape index (κ3) is 5.02. The van der Waals surface area contributed by atoms with E-state index < -0.39 is 0 Å². The number of halogens is 2. The Morgan fingerprint density at radius 2 is 1.75 bits per heavy atom. The van der Waals surface area contributed by atoms with Crippen molar-refractivity contribution in [1.82, 2.24) is 0 Å². The molecule has 0 saturated heterocycles. The molecule has 0 amide bonds. The zero-order chi connectivity index (χ0) is 22.5. The van der Waals surface area contributed by atoms with Gasteiger partial charge in [-0.15, -0.1) is 0 Å². The molecule has 4 aromatic rings. The van der Waals surface area contributed by atoms with Crippen LogP contribution in [0.25, 0.3) is 11.3 Å². The van der Waals surface area contributed by atoms with Crippen molar-refractivity contribution in [2.24, 2.45) is 0 Å². The highest BCUT2D eigenvalue weighted by Gasteiger charge is 2.22. The topological polar surface area (TPSA) is 71.1 Å². The lowest BCUT2D eigenvalue weighted by molar-refractivity contribution is -0.665. The predicted octanol–water partition coefficient (Wildman–Crippen LogP) is 6.77. The summed E-state index contributed by atoms with van der Waals surface area (Å²) in [5.74, 6) is 0. The maximum atomic E-state index is 11.3. The van der Waals surface area contributed by atoms with Gasteiger partial charge in [0.1, 0.15) is 23.6 Å². The number of nitrogens with zero attached hydrogens (tertiary/aromatic N) is 2. The molecule has 0 atom stereocenters.